The molecule has 1 aromatic carbocycles. The van der Waals surface area contributed by atoms with Gasteiger partial charge in [0.25, 0.3) is 5.91 Å². The minimum absolute atomic E-state index is 0.0650. The Balaban J connectivity index is 2.12. The summed E-state index contributed by atoms with van der Waals surface area (Å²) in [5.41, 5.74) is 0.999. The lowest BCUT2D eigenvalue weighted by molar-refractivity contribution is -0.127. The third kappa shape index (κ3) is 2.07. The molecule has 1 aromatic rings. The molecule has 0 fully saturated rings. The lowest BCUT2D eigenvalue weighted by atomic mass is 10.1. The van der Waals surface area contributed by atoms with Crippen LogP contribution in [0.5, 0.6) is 5.75 Å². The molecule has 2 rings (SSSR count). The lowest BCUT2D eigenvalue weighted by Gasteiger charge is -2.09. The first-order valence-corrected chi connectivity index (χ1v) is 5.31. The van der Waals surface area contributed by atoms with Gasteiger partial charge in [-0.1, -0.05) is 11.6 Å². The van der Waals surface area contributed by atoms with E-state index in [0.29, 0.717) is 18.0 Å². The third-order valence-electron chi connectivity index (χ3n) is 2.34. The average molecular weight is 226 g/mol. The van der Waals surface area contributed by atoms with Gasteiger partial charge >= 0.3 is 0 Å². The van der Waals surface area contributed by atoms with E-state index in [2.05, 4.69) is 5.32 Å². The Labute approximate surface area is 93.4 Å². The van der Waals surface area contributed by atoms with Gasteiger partial charge in [0.15, 0.2) is 6.10 Å². The third-order valence-corrected chi connectivity index (χ3v) is 2.58. The van der Waals surface area contributed by atoms with Crippen molar-refractivity contribution in [3.05, 3.63) is 28.8 Å². The summed E-state index contributed by atoms with van der Waals surface area (Å²) in [4.78, 5) is 11.5. The van der Waals surface area contributed by atoms with Crippen molar-refractivity contribution in [2.24, 2.45) is 0 Å². The molecule has 0 aliphatic carbocycles. The summed E-state index contributed by atoms with van der Waals surface area (Å²) >= 11 is 5.86. The number of amides is 1. The molecule has 1 atom stereocenters. The highest BCUT2D eigenvalue weighted by atomic mass is 35.5. The molecule has 4 heteroatoms. The van der Waals surface area contributed by atoms with E-state index in [1.54, 1.807) is 12.1 Å². The summed E-state index contributed by atoms with van der Waals surface area (Å²) in [6, 6.07) is 5.41. The first-order chi connectivity index (χ1) is 7.20. The van der Waals surface area contributed by atoms with Crippen molar-refractivity contribution >= 4 is 17.5 Å². The number of nitrogens with one attached hydrogen (secondary N) is 1. The summed E-state index contributed by atoms with van der Waals surface area (Å²) in [5, 5.41) is 3.41. The van der Waals surface area contributed by atoms with Crippen LogP contribution in [0.4, 0.5) is 0 Å². The second-order valence-electron chi connectivity index (χ2n) is 3.46. The number of hydrogen-bond donors (Lipinski definition) is 1. The molecule has 1 aliphatic heterocycles. The van der Waals surface area contributed by atoms with Gasteiger partial charge in [0.05, 0.1) is 0 Å². The number of halogens is 1. The largest absolute Gasteiger partial charge is 0.480 e. The summed E-state index contributed by atoms with van der Waals surface area (Å²) in [5.74, 6) is 0.695. The molecule has 1 unspecified atom stereocenters. The summed E-state index contributed by atoms with van der Waals surface area (Å²) in [6.45, 7) is 2.51. The van der Waals surface area contributed by atoms with Crippen molar-refractivity contribution in [1.82, 2.24) is 5.32 Å². The molecule has 0 aromatic heterocycles. The molecule has 1 aliphatic rings. The predicted octanol–water partition coefficient (Wildman–Crippen LogP) is 1.78. The first kappa shape index (κ1) is 10.3. The molecule has 1 N–H and O–H groups in total. The molecule has 1 amide bonds. The molecule has 15 heavy (non-hydrogen) atoms. The van der Waals surface area contributed by atoms with Gasteiger partial charge in [-0.15, -0.1) is 0 Å². The van der Waals surface area contributed by atoms with E-state index < -0.39 is 6.10 Å². The highest BCUT2D eigenvalue weighted by Crippen LogP contribution is 2.30. The highest BCUT2D eigenvalue weighted by molar-refractivity contribution is 6.30. The fourth-order valence-corrected chi connectivity index (χ4v) is 1.85. The quantitative estimate of drug-likeness (QED) is 0.833. The molecule has 1 heterocycles. The molecule has 3 nitrogen and oxygen atoms in total. The van der Waals surface area contributed by atoms with Crippen molar-refractivity contribution < 1.29 is 9.53 Å². The molecular formula is C11H12ClNO2. The number of benzene rings is 1. The second-order valence-corrected chi connectivity index (χ2v) is 3.89. The van der Waals surface area contributed by atoms with Crippen LogP contribution in [-0.2, 0) is 11.2 Å². The van der Waals surface area contributed by atoms with Gasteiger partial charge in [-0.05, 0) is 30.7 Å². The molecule has 80 valence electrons. The van der Waals surface area contributed by atoms with Gasteiger partial charge in [-0.2, -0.15) is 0 Å². The van der Waals surface area contributed by atoms with Gasteiger partial charge in [0.1, 0.15) is 5.75 Å². The van der Waals surface area contributed by atoms with E-state index in [1.165, 1.54) is 0 Å². The minimum atomic E-state index is -0.404. The van der Waals surface area contributed by atoms with Crippen LogP contribution < -0.4 is 10.1 Å². The maximum absolute atomic E-state index is 11.5. The van der Waals surface area contributed by atoms with E-state index in [0.717, 1.165) is 11.3 Å². The van der Waals surface area contributed by atoms with E-state index in [4.69, 9.17) is 16.3 Å². The van der Waals surface area contributed by atoms with Crippen LogP contribution >= 0.6 is 11.6 Å². The Hall–Kier alpha value is -1.22. The molecule has 0 radical (unpaired) electrons. The Kier molecular flexibility index (Phi) is 2.82. The number of carbonyl (C=O) groups excluding carboxylic acids is 1. The zero-order valence-electron chi connectivity index (χ0n) is 8.42. The summed E-state index contributed by atoms with van der Waals surface area (Å²) in [7, 11) is 0. The number of rotatable bonds is 2. The highest BCUT2D eigenvalue weighted by Gasteiger charge is 2.28. The normalized spacial score (nSPS) is 18.1. The maximum Gasteiger partial charge on any atom is 0.261 e. The minimum Gasteiger partial charge on any atom is -0.480 e. The topological polar surface area (TPSA) is 38.3 Å². The average Bonchev–Trinajstić information content (AvgIpc) is 2.60. The zero-order chi connectivity index (χ0) is 10.8. The molecular weight excluding hydrogens is 214 g/mol. The summed E-state index contributed by atoms with van der Waals surface area (Å²) < 4.78 is 5.51. The van der Waals surface area contributed by atoms with Crippen molar-refractivity contribution in [3.63, 3.8) is 0 Å². The van der Waals surface area contributed by atoms with Crippen LogP contribution in [-0.4, -0.2) is 18.6 Å². The lowest BCUT2D eigenvalue weighted by Crippen LogP contribution is -2.37. The Morgan fingerprint density at radius 3 is 3.20 bits per heavy atom. The predicted molar refractivity (Wildman–Crippen MR) is 58.3 cm³/mol. The SMILES string of the molecule is CCNC(=O)C1Cc2cc(Cl)ccc2O1. The number of fused-ring (bicyclic) bond motifs is 1. The number of carbonyl (C=O) groups is 1. The fraction of sp³-hybridized carbons (Fsp3) is 0.364. The Bertz CT molecular complexity index is 392. The van der Waals surface area contributed by atoms with Crippen LogP contribution in [0, 0.1) is 0 Å². The summed E-state index contributed by atoms with van der Waals surface area (Å²) in [6.07, 6.45) is 0.195. The number of ether oxygens (including phenoxy) is 1. The Morgan fingerprint density at radius 1 is 1.67 bits per heavy atom. The molecule has 0 saturated heterocycles. The number of likely N-dealkylation sites (N-methyl/N-ethyl adjacent to an activating group) is 1. The fourth-order valence-electron chi connectivity index (χ4n) is 1.65. The van der Waals surface area contributed by atoms with Crippen molar-refractivity contribution in [1.29, 1.82) is 0 Å². The first-order valence-electron chi connectivity index (χ1n) is 4.93. The van der Waals surface area contributed by atoms with E-state index in [9.17, 15) is 4.79 Å². The standard InChI is InChI=1S/C11H12ClNO2/c1-2-13-11(14)10-6-7-5-8(12)3-4-9(7)15-10/h3-5,10H,2,6H2,1H3,(H,13,14). The maximum atomic E-state index is 11.5. The van der Waals surface area contributed by atoms with Crippen LogP contribution in [0.1, 0.15) is 12.5 Å². The van der Waals surface area contributed by atoms with Crippen molar-refractivity contribution in [3.8, 4) is 5.75 Å². The van der Waals surface area contributed by atoms with Crippen LogP contribution in [0.2, 0.25) is 5.02 Å². The van der Waals surface area contributed by atoms with Crippen LogP contribution in [0.25, 0.3) is 0 Å². The van der Waals surface area contributed by atoms with Gasteiger partial charge in [0, 0.05) is 18.0 Å². The Morgan fingerprint density at radius 2 is 2.47 bits per heavy atom. The molecule has 0 bridgehead atoms. The second kappa shape index (κ2) is 4.11. The molecule has 0 spiro atoms. The van der Waals surface area contributed by atoms with Crippen molar-refractivity contribution in [2.75, 3.05) is 6.54 Å². The monoisotopic (exact) mass is 225 g/mol. The van der Waals surface area contributed by atoms with Gasteiger partial charge in [0.2, 0.25) is 0 Å². The zero-order valence-corrected chi connectivity index (χ0v) is 9.17. The van der Waals surface area contributed by atoms with E-state index >= 15 is 0 Å². The van der Waals surface area contributed by atoms with Gasteiger partial charge in [-0.25, -0.2) is 0 Å². The molecule has 0 saturated carbocycles. The van der Waals surface area contributed by atoms with Gasteiger partial charge < -0.3 is 10.1 Å². The van der Waals surface area contributed by atoms with Crippen LogP contribution in [0.3, 0.4) is 0 Å². The number of hydrogen-bond acceptors (Lipinski definition) is 2. The van der Waals surface area contributed by atoms with E-state index in [-0.39, 0.29) is 5.91 Å². The van der Waals surface area contributed by atoms with Gasteiger partial charge in [-0.3, -0.25) is 4.79 Å². The smallest absolute Gasteiger partial charge is 0.261 e. The van der Waals surface area contributed by atoms with Crippen LogP contribution in [0.15, 0.2) is 18.2 Å². The van der Waals surface area contributed by atoms with Crippen molar-refractivity contribution in [2.45, 2.75) is 19.4 Å². The van der Waals surface area contributed by atoms with E-state index in [1.807, 2.05) is 13.0 Å².